The summed E-state index contributed by atoms with van der Waals surface area (Å²) < 4.78 is -1.64. The van der Waals surface area contributed by atoms with Crippen molar-refractivity contribution in [3.63, 3.8) is 0 Å². The van der Waals surface area contributed by atoms with Crippen LogP contribution in [0.1, 0.15) is 285 Å². The smallest absolute Gasteiger partial charge is 0.0654 e. The van der Waals surface area contributed by atoms with Crippen LogP contribution in [0.25, 0.3) is 0 Å². The van der Waals surface area contributed by atoms with Crippen LogP contribution in [0.3, 0.4) is 0 Å². The van der Waals surface area contributed by atoms with Crippen LogP contribution < -0.4 is 0 Å². The molecule has 0 unspecified atom stereocenters. The maximum atomic E-state index is 3.24. The molecule has 0 nitrogen and oxygen atoms in total. The van der Waals surface area contributed by atoms with Gasteiger partial charge in [0, 0.05) is 0 Å². The van der Waals surface area contributed by atoms with E-state index in [0.29, 0.717) is 0 Å². The Kier molecular flexibility index (Phi) is 40.8. The van der Waals surface area contributed by atoms with Crippen molar-refractivity contribution in [2.75, 3.05) is 24.6 Å². The Morgan fingerprint density at radius 1 is 0.200 bits per heavy atom. The molecule has 0 saturated carbocycles. The molecule has 0 fully saturated rings. The standard InChI is InChI=1S/C48H100IP/c1-5-9-13-17-19-21-23-25-27-29-31-33-35-37-39-43-47-50(49,45-41-15-11-7-3,46-42-16-12-8-4)48-44-40-38-36-34-32-30-28-26-24-22-20-18-14-10-6-2/h5-48H2,1-4H3. The van der Waals surface area contributed by atoms with Gasteiger partial charge in [0.05, 0.1) is 0 Å². The quantitative estimate of drug-likeness (QED) is 0.0326. The van der Waals surface area contributed by atoms with E-state index in [1.165, 1.54) is 244 Å². The van der Waals surface area contributed by atoms with Gasteiger partial charge in [0.15, 0.2) is 0 Å². The van der Waals surface area contributed by atoms with Crippen molar-refractivity contribution in [3.05, 3.63) is 0 Å². The summed E-state index contributed by atoms with van der Waals surface area (Å²) in [5.41, 5.74) is 0. The van der Waals surface area contributed by atoms with E-state index < -0.39 is 4.25 Å². The average Bonchev–Trinajstić information content (AvgIpc) is 3.12. The molecule has 0 bridgehead atoms. The monoisotopic (exact) mass is 835 g/mol. The average molecular weight is 835 g/mol. The van der Waals surface area contributed by atoms with Crippen LogP contribution in [0.5, 0.6) is 0 Å². The van der Waals surface area contributed by atoms with E-state index in [2.05, 4.69) is 49.7 Å². The summed E-state index contributed by atoms with van der Waals surface area (Å²) in [6, 6.07) is 0. The molecule has 0 rings (SSSR count). The van der Waals surface area contributed by atoms with Crippen LogP contribution in [-0.4, -0.2) is 24.6 Å². The van der Waals surface area contributed by atoms with Gasteiger partial charge in [-0.3, -0.25) is 0 Å². The van der Waals surface area contributed by atoms with Gasteiger partial charge in [-0.25, -0.2) is 0 Å². The Bertz CT molecular complexity index is 580. The molecule has 0 spiro atoms. The summed E-state index contributed by atoms with van der Waals surface area (Å²) in [6.07, 6.45) is 65.7. The van der Waals surface area contributed by atoms with Crippen molar-refractivity contribution < 1.29 is 0 Å². The van der Waals surface area contributed by atoms with Crippen LogP contribution >= 0.6 is 26.3 Å². The van der Waals surface area contributed by atoms with Crippen molar-refractivity contribution in [3.8, 4) is 0 Å². The Balaban J connectivity index is 4.40. The number of hydrogen-bond acceptors (Lipinski definition) is 0. The Morgan fingerprint density at radius 2 is 0.320 bits per heavy atom. The van der Waals surface area contributed by atoms with Gasteiger partial charge in [0.25, 0.3) is 0 Å². The van der Waals surface area contributed by atoms with Crippen LogP contribution in [-0.2, 0) is 0 Å². The molecule has 0 aromatic carbocycles. The zero-order chi connectivity index (χ0) is 36.6. The van der Waals surface area contributed by atoms with Crippen molar-refractivity contribution in [2.45, 2.75) is 285 Å². The van der Waals surface area contributed by atoms with E-state index in [1.807, 2.05) is 0 Å². The van der Waals surface area contributed by atoms with Crippen LogP contribution in [0.2, 0.25) is 0 Å². The summed E-state index contributed by atoms with van der Waals surface area (Å²) in [5, 5.41) is 0. The predicted octanol–water partition coefficient (Wildman–Crippen LogP) is 19.6. The van der Waals surface area contributed by atoms with E-state index in [4.69, 9.17) is 0 Å². The van der Waals surface area contributed by atoms with Gasteiger partial charge in [0.1, 0.15) is 0 Å². The molecule has 0 aliphatic rings. The Labute approximate surface area is 333 Å². The summed E-state index contributed by atoms with van der Waals surface area (Å²) in [5.74, 6) is 0. The third-order valence-corrected chi connectivity index (χ3v) is 23.8. The second-order valence-electron chi connectivity index (χ2n) is 17.4. The van der Waals surface area contributed by atoms with Gasteiger partial charge >= 0.3 is 257 Å². The third kappa shape index (κ3) is 34.9. The summed E-state index contributed by atoms with van der Waals surface area (Å²) >= 11 is 3.24. The van der Waals surface area contributed by atoms with E-state index >= 15 is 0 Å². The molecule has 0 radical (unpaired) electrons. The van der Waals surface area contributed by atoms with Crippen molar-refractivity contribution in [1.82, 2.24) is 0 Å². The maximum absolute atomic E-state index is 3.24. The summed E-state index contributed by atoms with van der Waals surface area (Å²) in [4.78, 5) is 0. The zero-order valence-electron chi connectivity index (χ0n) is 35.9. The van der Waals surface area contributed by atoms with Gasteiger partial charge in [-0.15, -0.1) is 0 Å². The zero-order valence-corrected chi connectivity index (χ0v) is 39.0. The first-order chi connectivity index (χ1) is 24.5. The van der Waals surface area contributed by atoms with Gasteiger partial charge in [0.2, 0.25) is 0 Å². The molecule has 0 N–H and O–H groups in total. The minimum Gasteiger partial charge on any atom is -0.0654 e. The SMILES string of the molecule is CCCCCCCCCCCCCCCCCCP(I)(CCCCCC)(CCCCCC)CCCCCCCCCCCCCCCCCC. The van der Waals surface area contributed by atoms with Crippen molar-refractivity contribution in [1.29, 1.82) is 0 Å². The number of rotatable bonds is 44. The second-order valence-corrected chi connectivity index (χ2v) is 31.1. The van der Waals surface area contributed by atoms with E-state index in [9.17, 15) is 0 Å². The normalized spacial score (nSPS) is 12.9. The molecule has 0 heterocycles. The van der Waals surface area contributed by atoms with Crippen LogP contribution in [0.15, 0.2) is 0 Å². The predicted molar refractivity (Wildman–Crippen MR) is 248 cm³/mol. The minimum absolute atomic E-state index is 1.37. The molecule has 0 atom stereocenters. The molecule has 2 heteroatoms. The van der Waals surface area contributed by atoms with Gasteiger partial charge < -0.3 is 0 Å². The van der Waals surface area contributed by atoms with Gasteiger partial charge in [-0.1, -0.05) is 78.1 Å². The molecule has 0 aliphatic carbocycles. The summed E-state index contributed by atoms with van der Waals surface area (Å²) in [6.45, 7) is 9.42. The van der Waals surface area contributed by atoms with E-state index in [1.54, 1.807) is 37.5 Å². The van der Waals surface area contributed by atoms with Gasteiger partial charge in [-0.2, -0.15) is 0 Å². The summed E-state index contributed by atoms with van der Waals surface area (Å²) in [7, 11) is 0. The minimum atomic E-state index is -1.64. The molecule has 0 aromatic rings. The van der Waals surface area contributed by atoms with Gasteiger partial charge in [-0.05, 0) is 0 Å². The first kappa shape index (κ1) is 51.2. The second kappa shape index (κ2) is 39.8. The van der Waals surface area contributed by atoms with E-state index in [0.717, 1.165) is 0 Å². The fraction of sp³-hybridized carbons (Fsp3) is 1.00. The number of halogens is 1. The Hall–Kier alpha value is 1.16. The first-order valence-corrected chi connectivity index (χ1v) is 30.0. The third-order valence-electron chi connectivity index (χ3n) is 12.3. The van der Waals surface area contributed by atoms with Crippen molar-refractivity contribution in [2.24, 2.45) is 0 Å². The fourth-order valence-electron chi connectivity index (χ4n) is 8.65. The van der Waals surface area contributed by atoms with Crippen molar-refractivity contribution >= 4 is 26.3 Å². The number of unbranched alkanes of at least 4 members (excludes halogenated alkanes) is 36. The molecular formula is C48H100IP. The molecule has 0 aliphatic heterocycles. The first-order valence-electron chi connectivity index (χ1n) is 24.3. The number of hydrogen-bond donors (Lipinski definition) is 0. The molecular weight excluding hydrogens is 734 g/mol. The molecule has 304 valence electrons. The fourth-order valence-corrected chi connectivity index (χ4v) is 18.1. The Morgan fingerprint density at radius 3 is 0.480 bits per heavy atom. The van der Waals surface area contributed by atoms with E-state index in [-0.39, 0.29) is 0 Å². The molecule has 0 saturated heterocycles. The molecule has 0 amide bonds. The topological polar surface area (TPSA) is 0 Å². The van der Waals surface area contributed by atoms with Crippen LogP contribution in [0, 0.1) is 0 Å². The van der Waals surface area contributed by atoms with Crippen LogP contribution in [0.4, 0.5) is 0 Å². The molecule has 0 aromatic heterocycles. The molecule has 50 heavy (non-hydrogen) atoms.